The van der Waals surface area contributed by atoms with Gasteiger partial charge < -0.3 is 15.0 Å². The molecule has 0 saturated carbocycles. The van der Waals surface area contributed by atoms with Crippen LogP contribution in [0.1, 0.15) is 39.2 Å². The summed E-state index contributed by atoms with van der Waals surface area (Å²) in [6.07, 6.45) is 2.05. The van der Waals surface area contributed by atoms with Crippen molar-refractivity contribution in [1.29, 1.82) is 0 Å². The molecule has 0 aromatic heterocycles. The first-order valence-corrected chi connectivity index (χ1v) is 14.2. The number of ether oxygens (including phenoxy) is 1. The quantitative estimate of drug-likeness (QED) is 0.414. The van der Waals surface area contributed by atoms with E-state index in [2.05, 4.69) is 5.32 Å². The number of carbonyl (C=O) groups excluding carboxylic acids is 2. The number of benzene rings is 2. The van der Waals surface area contributed by atoms with Gasteiger partial charge in [-0.3, -0.25) is 13.9 Å². The lowest BCUT2D eigenvalue weighted by Gasteiger charge is -2.33. The summed E-state index contributed by atoms with van der Waals surface area (Å²) < 4.78 is 31.6. The van der Waals surface area contributed by atoms with E-state index in [0.717, 1.165) is 22.5 Å². The van der Waals surface area contributed by atoms with Gasteiger partial charge in [-0.25, -0.2) is 8.42 Å². The van der Waals surface area contributed by atoms with Crippen LogP contribution in [0.4, 0.5) is 5.69 Å². The van der Waals surface area contributed by atoms with Crippen LogP contribution < -0.4 is 14.4 Å². The Morgan fingerprint density at radius 2 is 1.69 bits per heavy atom. The van der Waals surface area contributed by atoms with Gasteiger partial charge in [0, 0.05) is 22.6 Å². The molecule has 0 heterocycles. The second kappa shape index (κ2) is 13.2. The minimum atomic E-state index is -3.89. The van der Waals surface area contributed by atoms with Gasteiger partial charge in [-0.15, -0.1) is 0 Å². The van der Waals surface area contributed by atoms with Crippen LogP contribution in [0.2, 0.25) is 10.0 Å². The lowest BCUT2D eigenvalue weighted by molar-refractivity contribution is -0.140. The van der Waals surface area contributed by atoms with Crippen molar-refractivity contribution in [3.63, 3.8) is 0 Å². The van der Waals surface area contributed by atoms with Crippen LogP contribution in [0.25, 0.3) is 0 Å². The molecule has 0 saturated heterocycles. The highest BCUT2D eigenvalue weighted by atomic mass is 35.5. The maximum Gasteiger partial charge on any atom is 0.244 e. The Labute approximate surface area is 223 Å². The van der Waals surface area contributed by atoms with E-state index in [0.29, 0.717) is 12.2 Å². The molecule has 0 aliphatic carbocycles. The van der Waals surface area contributed by atoms with E-state index < -0.39 is 28.5 Å². The summed E-state index contributed by atoms with van der Waals surface area (Å²) in [6, 6.07) is 10.5. The number of methoxy groups -OCH3 is 1. The zero-order chi connectivity index (χ0) is 27.0. The number of carbonyl (C=O) groups is 2. The molecule has 198 valence electrons. The Hall–Kier alpha value is -2.49. The van der Waals surface area contributed by atoms with E-state index in [9.17, 15) is 18.0 Å². The molecule has 2 aromatic carbocycles. The largest absolute Gasteiger partial charge is 0.497 e. The van der Waals surface area contributed by atoms with E-state index in [4.69, 9.17) is 27.9 Å². The van der Waals surface area contributed by atoms with Gasteiger partial charge in [-0.2, -0.15) is 0 Å². The lowest BCUT2D eigenvalue weighted by Crippen LogP contribution is -2.53. The normalized spacial score (nSPS) is 13.0. The van der Waals surface area contributed by atoms with E-state index in [1.54, 1.807) is 25.1 Å². The predicted octanol–water partition coefficient (Wildman–Crippen LogP) is 4.49. The summed E-state index contributed by atoms with van der Waals surface area (Å²) in [7, 11) is -2.35. The smallest absolute Gasteiger partial charge is 0.244 e. The van der Waals surface area contributed by atoms with Crippen molar-refractivity contribution in [3.8, 4) is 5.75 Å². The molecule has 0 radical (unpaired) electrons. The third-order valence-corrected chi connectivity index (χ3v) is 7.27. The zero-order valence-electron chi connectivity index (χ0n) is 21.1. The molecule has 0 fully saturated rings. The number of sulfonamides is 1. The molecule has 2 atom stereocenters. The first kappa shape index (κ1) is 29.7. The fourth-order valence-electron chi connectivity index (χ4n) is 3.63. The Morgan fingerprint density at radius 1 is 1.06 bits per heavy atom. The molecule has 2 amide bonds. The molecular formula is C25H33Cl2N3O5S. The van der Waals surface area contributed by atoms with Crippen LogP contribution in [0, 0.1) is 0 Å². The van der Waals surface area contributed by atoms with Gasteiger partial charge in [-0.1, -0.05) is 49.2 Å². The Bertz CT molecular complexity index is 1160. The standard InChI is InChI=1S/C25H33Cl2N3O5S/c1-6-17(3)28-25(32)23(7-2)29(15-18-9-8-10-22(11-18)35-4)24(31)16-30(36(5,33)34)21-13-19(26)12-20(27)14-21/h8-14,17,23H,6-7,15-16H2,1-5H3,(H,28,32)/t17-,23-/m0/s1. The Balaban J connectivity index is 2.49. The first-order chi connectivity index (χ1) is 16.9. The topological polar surface area (TPSA) is 96.0 Å². The molecule has 0 spiro atoms. The van der Waals surface area contributed by atoms with Crippen molar-refractivity contribution in [1.82, 2.24) is 10.2 Å². The van der Waals surface area contributed by atoms with Crippen molar-refractivity contribution in [2.24, 2.45) is 0 Å². The summed E-state index contributed by atoms with van der Waals surface area (Å²) in [5.74, 6) is -0.256. The van der Waals surface area contributed by atoms with Crippen LogP contribution in [0.5, 0.6) is 5.75 Å². The molecule has 0 bridgehead atoms. The lowest BCUT2D eigenvalue weighted by atomic mass is 10.1. The van der Waals surface area contributed by atoms with Crippen LogP contribution in [0.3, 0.4) is 0 Å². The van der Waals surface area contributed by atoms with Crippen molar-refractivity contribution >= 4 is 50.7 Å². The van der Waals surface area contributed by atoms with Crippen LogP contribution in [-0.4, -0.2) is 57.1 Å². The predicted molar refractivity (Wildman–Crippen MR) is 144 cm³/mol. The summed E-state index contributed by atoms with van der Waals surface area (Å²) in [6.45, 7) is 5.18. The van der Waals surface area contributed by atoms with Crippen LogP contribution in [0.15, 0.2) is 42.5 Å². The molecule has 2 rings (SSSR count). The minimum Gasteiger partial charge on any atom is -0.497 e. The van der Waals surface area contributed by atoms with E-state index in [1.807, 2.05) is 19.9 Å². The summed E-state index contributed by atoms with van der Waals surface area (Å²) in [4.78, 5) is 28.3. The fraction of sp³-hybridized carbons (Fsp3) is 0.440. The number of nitrogens with zero attached hydrogens (tertiary/aromatic N) is 2. The first-order valence-electron chi connectivity index (χ1n) is 11.6. The van der Waals surface area contributed by atoms with Gasteiger partial charge in [0.2, 0.25) is 21.8 Å². The van der Waals surface area contributed by atoms with Crippen molar-refractivity contribution in [3.05, 3.63) is 58.1 Å². The Kier molecular flexibility index (Phi) is 10.9. The second-order valence-electron chi connectivity index (χ2n) is 8.51. The molecule has 0 unspecified atom stereocenters. The number of anilines is 1. The minimum absolute atomic E-state index is 0.0797. The summed E-state index contributed by atoms with van der Waals surface area (Å²) in [5, 5.41) is 3.39. The van der Waals surface area contributed by atoms with Crippen LogP contribution >= 0.6 is 23.2 Å². The molecule has 1 N–H and O–H groups in total. The van der Waals surface area contributed by atoms with Gasteiger partial charge in [0.1, 0.15) is 18.3 Å². The molecule has 11 heteroatoms. The van der Waals surface area contributed by atoms with Gasteiger partial charge in [0.15, 0.2) is 0 Å². The number of halogens is 2. The maximum absolute atomic E-state index is 13.7. The highest BCUT2D eigenvalue weighted by Gasteiger charge is 2.32. The molecular weight excluding hydrogens is 525 g/mol. The molecule has 0 aliphatic rings. The third kappa shape index (κ3) is 8.28. The van der Waals surface area contributed by atoms with Gasteiger partial charge in [-0.05, 0) is 55.7 Å². The monoisotopic (exact) mass is 557 g/mol. The average molecular weight is 559 g/mol. The maximum atomic E-state index is 13.7. The van der Waals surface area contributed by atoms with Gasteiger partial charge in [0.05, 0.1) is 19.1 Å². The molecule has 2 aromatic rings. The van der Waals surface area contributed by atoms with Gasteiger partial charge in [0.25, 0.3) is 0 Å². The van der Waals surface area contributed by atoms with E-state index in [1.165, 1.54) is 30.2 Å². The second-order valence-corrected chi connectivity index (χ2v) is 11.3. The molecule has 0 aliphatic heterocycles. The van der Waals surface area contributed by atoms with Crippen LogP contribution in [-0.2, 0) is 26.2 Å². The summed E-state index contributed by atoms with van der Waals surface area (Å²) in [5.41, 5.74) is 0.885. The fourth-order valence-corrected chi connectivity index (χ4v) is 4.97. The van der Waals surface area contributed by atoms with E-state index in [-0.39, 0.29) is 34.2 Å². The van der Waals surface area contributed by atoms with Gasteiger partial charge >= 0.3 is 0 Å². The SMILES string of the molecule is CC[C@H](C)NC(=O)[C@H](CC)N(Cc1cccc(OC)c1)C(=O)CN(c1cc(Cl)cc(Cl)c1)S(C)(=O)=O. The number of amides is 2. The number of hydrogen-bond donors (Lipinski definition) is 1. The number of nitrogens with one attached hydrogen (secondary N) is 1. The zero-order valence-corrected chi connectivity index (χ0v) is 23.5. The highest BCUT2D eigenvalue weighted by molar-refractivity contribution is 7.92. The van der Waals surface area contributed by atoms with E-state index >= 15 is 0 Å². The van der Waals surface area contributed by atoms with Crippen molar-refractivity contribution < 1.29 is 22.7 Å². The molecule has 36 heavy (non-hydrogen) atoms. The molecule has 8 nitrogen and oxygen atoms in total. The van der Waals surface area contributed by atoms with Crippen molar-refractivity contribution in [2.75, 3.05) is 24.2 Å². The Morgan fingerprint density at radius 3 is 2.22 bits per heavy atom. The number of hydrogen-bond acceptors (Lipinski definition) is 5. The van der Waals surface area contributed by atoms with Crippen molar-refractivity contribution in [2.45, 2.75) is 52.2 Å². The number of rotatable bonds is 12. The summed E-state index contributed by atoms with van der Waals surface area (Å²) >= 11 is 12.2. The highest BCUT2D eigenvalue weighted by Crippen LogP contribution is 2.27. The third-order valence-electron chi connectivity index (χ3n) is 5.69. The average Bonchev–Trinajstić information content (AvgIpc) is 2.80.